The van der Waals surface area contributed by atoms with E-state index in [-0.39, 0.29) is 16.8 Å². The summed E-state index contributed by atoms with van der Waals surface area (Å²) in [7, 11) is -3.47. The van der Waals surface area contributed by atoms with Crippen LogP contribution < -0.4 is 10.6 Å². The van der Waals surface area contributed by atoms with Gasteiger partial charge in [0.25, 0.3) is 0 Å². The number of carbonyl (C=O) groups excluding carboxylic acids is 1. The van der Waals surface area contributed by atoms with Crippen molar-refractivity contribution in [1.82, 2.24) is 9.62 Å². The zero-order chi connectivity index (χ0) is 21.6. The van der Waals surface area contributed by atoms with E-state index in [4.69, 9.17) is 0 Å². The highest BCUT2D eigenvalue weighted by Crippen LogP contribution is 2.20. The molecule has 1 amide bonds. The fraction of sp³-hybridized carbons (Fsp3) is 0.409. The molecule has 2 atom stereocenters. The van der Waals surface area contributed by atoms with Gasteiger partial charge in [-0.25, -0.2) is 8.42 Å². The van der Waals surface area contributed by atoms with E-state index in [1.165, 1.54) is 4.31 Å². The summed E-state index contributed by atoms with van der Waals surface area (Å²) in [6.07, 6.45) is 0. The molecule has 0 radical (unpaired) electrons. The minimum absolute atomic E-state index is 0.113. The summed E-state index contributed by atoms with van der Waals surface area (Å²) in [6, 6.07) is 13.9. The van der Waals surface area contributed by atoms with Crippen LogP contribution in [0, 0.1) is 6.92 Å². The number of rotatable bonds is 9. The third-order valence-electron chi connectivity index (χ3n) is 5.02. The van der Waals surface area contributed by atoms with Gasteiger partial charge in [0.2, 0.25) is 15.9 Å². The number of carbonyl (C=O) groups is 1. The molecule has 2 rings (SSSR count). The van der Waals surface area contributed by atoms with E-state index >= 15 is 0 Å². The Balaban J connectivity index is 2.04. The molecule has 0 heterocycles. The third kappa shape index (κ3) is 5.65. The number of hydrogen-bond acceptors (Lipinski definition) is 4. The van der Waals surface area contributed by atoms with Crippen molar-refractivity contribution in [1.29, 1.82) is 0 Å². The van der Waals surface area contributed by atoms with Gasteiger partial charge in [-0.2, -0.15) is 4.31 Å². The lowest BCUT2D eigenvalue weighted by Crippen LogP contribution is -2.39. The van der Waals surface area contributed by atoms with E-state index in [1.807, 2.05) is 58.9 Å². The molecular formula is C22H31N3O3S. The molecule has 7 heteroatoms. The topological polar surface area (TPSA) is 78.5 Å². The Labute approximate surface area is 174 Å². The van der Waals surface area contributed by atoms with Gasteiger partial charge < -0.3 is 5.32 Å². The molecule has 2 unspecified atom stereocenters. The van der Waals surface area contributed by atoms with Gasteiger partial charge in [0, 0.05) is 24.8 Å². The molecular weight excluding hydrogens is 386 g/mol. The number of para-hydroxylation sites is 1. The first kappa shape index (κ1) is 23.1. The van der Waals surface area contributed by atoms with Crippen LogP contribution in [0.15, 0.2) is 53.4 Å². The van der Waals surface area contributed by atoms with Crippen LogP contribution in [-0.2, 0) is 14.8 Å². The Bertz CT molecular complexity index is 923. The van der Waals surface area contributed by atoms with Crippen LogP contribution in [0.25, 0.3) is 0 Å². The summed E-state index contributed by atoms with van der Waals surface area (Å²) < 4.78 is 26.6. The molecule has 2 aromatic carbocycles. The van der Waals surface area contributed by atoms with Crippen molar-refractivity contribution in [3.8, 4) is 0 Å². The number of anilines is 1. The maximum Gasteiger partial charge on any atom is 0.243 e. The van der Waals surface area contributed by atoms with Crippen LogP contribution in [0.1, 0.15) is 44.9 Å². The summed E-state index contributed by atoms with van der Waals surface area (Å²) in [5, 5.41) is 6.20. The second-order valence-corrected chi connectivity index (χ2v) is 9.01. The molecule has 0 aliphatic heterocycles. The van der Waals surface area contributed by atoms with Crippen molar-refractivity contribution in [2.24, 2.45) is 0 Å². The monoisotopic (exact) mass is 417 g/mol. The maximum atomic E-state index is 12.6. The Hall–Kier alpha value is -2.22. The average molecular weight is 418 g/mol. The molecule has 0 saturated carbocycles. The standard InChI is InChI=1S/C22H31N3O3S/c1-6-25(7-2)29(27,28)20-14-12-19(13-15-20)17(4)23-18(5)22(26)24-21-11-9-8-10-16(21)3/h8-15,17-18,23H,6-7H2,1-5H3,(H,24,26). The van der Waals surface area contributed by atoms with Gasteiger partial charge in [0.1, 0.15) is 0 Å². The molecule has 0 spiro atoms. The van der Waals surface area contributed by atoms with Gasteiger partial charge in [-0.15, -0.1) is 0 Å². The zero-order valence-electron chi connectivity index (χ0n) is 17.8. The highest BCUT2D eigenvalue weighted by molar-refractivity contribution is 7.89. The van der Waals surface area contributed by atoms with Crippen molar-refractivity contribution in [2.45, 2.75) is 51.6 Å². The lowest BCUT2D eigenvalue weighted by atomic mass is 10.1. The summed E-state index contributed by atoms with van der Waals surface area (Å²) >= 11 is 0. The maximum absolute atomic E-state index is 12.6. The largest absolute Gasteiger partial charge is 0.324 e. The van der Waals surface area contributed by atoms with Gasteiger partial charge in [-0.1, -0.05) is 44.2 Å². The Kier molecular flexibility index (Phi) is 7.96. The van der Waals surface area contributed by atoms with Gasteiger partial charge in [-0.05, 0) is 50.1 Å². The summed E-state index contributed by atoms with van der Waals surface area (Å²) in [4.78, 5) is 12.8. The molecule has 0 aromatic heterocycles. The van der Waals surface area contributed by atoms with Gasteiger partial charge in [0.05, 0.1) is 10.9 Å². The first-order valence-electron chi connectivity index (χ1n) is 9.93. The van der Waals surface area contributed by atoms with E-state index in [9.17, 15) is 13.2 Å². The van der Waals surface area contributed by atoms with Crippen LogP contribution in [0.5, 0.6) is 0 Å². The van der Waals surface area contributed by atoms with E-state index in [0.29, 0.717) is 13.1 Å². The number of aryl methyl sites for hydroxylation is 1. The molecule has 0 saturated heterocycles. The van der Waals surface area contributed by atoms with Gasteiger partial charge >= 0.3 is 0 Å². The third-order valence-corrected chi connectivity index (χ3v) is 7.08. The van der Waals surface area contributed by atoms with Crippen LogP contribution in [-0.4, -0.2) is 37.8 Å². The first-order valence-corrected chi connectivity index (χ1v) is 11.4. The first-order chi connectivity index (χ1) is 13.7. The van der Waals surface area contributed by atoms with Gasteiger partial charge in [0.15, 0.2) is 0 Å². The number of sulfonamides is 1. The summed E-state index contributed by atoms with van der Waals surface area (Å²) in [5.41, 5.74) is 2.72. The average Bonchev–Trinajstić information content (AvgIpc) is 2.70. The van der Waals surface area contributed by atoms with Crippen molar-refractivity contribution in [3.05, 3.63) is 59.7 Å². The van der Waals surface area contributed by atoms with Crippen LogP contribution in [0.2, 0.25) is 0 Å². The normalized spacial score (nSPS) is 13.9. The lowest BCUT2D eigenvalue weighted by Gasteiger charge is -2.21. The van der Waals surface area contributed by atoms with E-state index < -0.39 is 16.1 Å². The Morgan fingerprint density at radius 2 is 1.59 bits per heavy atom. The van der Waals surface area contributed by atoms with Gasteiger partial charge in [-0.3, -0.25) is 10.1 Å². The van der Waals surface area contributed by atoms with E-state index in [2.05, 4.69) is 10.6 Å². The predicted octanol–water partition coefficient (Wildman–Crippen LogP) is 3.70. The van der Waals surface area contributed by atoms with Crippen LogP contribution >= 0.6 is 0 Å². The Morgan fingerprint density at radius 3 is 2.14 bits per heavy atom. The molecule has 0 aliphatic rings. The predicted molar refractivity (Wildman–Crippen MR) is 117 cm³/mol. The molecule has 0 fully saturated rings. The molecule has 0 bridgehead atoms. The SMILES string of the molecule is CCN(CC)S(=O)(=O)c1ccc(C(C)NC(C)C(=O)Nc2ccccc2C)cc1. The second-order valence-electron chi connectivity index (χ2n) is 7.07. The van der Waals surface area contributed by atoms with E-state index in [1.54, 1.807) is 24.3 Å². The highest BCUT2D eigenvalue weighted by atomic mass is 32.2. The fourth-order valence-corrected chi connectivity index (χ4v) is 4.60. The molecule has 0 aliphatic carbocycles. The fourth-order valence-electron chi connectivity index (χ4n) is 3.14. The minimum atomic E-state index is -3.47. The number of nitrogens with one attached hydrogen (secondary N) is 2. The smallest absolute Gasteiger partial charge is 0.243 e. The van der Waals surface area contributed by atoms with Crippen LogP contribution in [0.3, 0.4) is 0 Å². The number of benzene rings is 2. The number of nitrogens with zero attached hydrogens (tertiary/aromatic N) is 1. The van der Waals surface area contributed by atoms with Crippen molar-refractivity contribution in [3.63, 3.8) is 0 Å². The molecule has 2 N–H and O–H groups in total. The molecule has 29 heavy (non-hydrogen) atoms. The van der Waals surface area contributed by atoms with E-state index in [0.717, 1.165) is 16.8 Å². The number of hydrogen-bond donors (Lipinski definition) is 2. The summed E-state index contributed by atoms with van der Waals surface area (Å²) in [5.74, 6) is -0.119. The molecule has 158 valence electrons. The molecule has 6 nitrogen and oxygen atoms in total. The summed E-state index contributed by atoms with van der Waals surface area (Å²) in [6.45, 7) is 10.2. The van der Waals surface area contributed by atoms with Crippen molar-refractivity contribution < 1.29 is 13.2 Å². The minimum Gasteiger partial charge on any atom is -0.324 e. The lowest BCUT2D eigenvalue weighted by molar-refractivity contribution is -0.117. The molecule has 2 aromatic rings. The quantitative estimate of drug-likeness (QED) is 0.652. The van der Waals surface area contributed by atoms with Crippen molar-refractivity contribution >= 4 is 21.6 Å². The van der Waals surface area contributed by atoms with Crippen molar-refractivity contribution in [2.75, 3.05) is 18.4 Å². The highest BCUT2D eigenvalue weighted by Gasteiger charge is 2.22. The zero-order valence-corrected chi connectivity index (χ0v) is 18.6. The van der Waals surface area contributed by atoms with Crippen LogP contribution in [0.4, 0.5) is 5.69 Å². The Morgan fingerprint density at radius 1 is 1.00 bits per heavy atom. The second kappa shape index (κ2) is 10.0. The number of amides is 1.